The maximum absolute atomic E-state index is 11.5. The van der Waals surface area contributed by atoms with E-state index >= 15 is 0 Å². The van der Waals surface area contributed by atoms with E-state index in [0.717, 1.165) is 13.1 Å². The van der Waals surface area contributed by atoms with Gasteiger partial charge in [-0.05, 0) is 31.9 Å². The fourth-order valence-corrected chi connectivity index (χ4v) is 1.93. The van der Waals surface area contributed by atoms with Gasteiger partial charge in [-0.1, -0.05) is 6.42 Å². The molecule has 0 spiro atoms. The van der Waals surface area contributed by atoms with Crippen LogP contribution in [0, 0.1) is 0 Å². The number of piperidine rings is 1. The molecule has 2 N–H and O–H groups in total. The summed E-state index contributed by atoms with van der Waals surface area (Å²) in [6.45, 7) is 4.52. The molecule has 0 bridgehead atoms. The van der Waals surface area contributed by atoms with E-state index in [1.165, 1.54) is 19.3 Å². The van der Waals surface area contributed by atoms with Gasteiger partial charge >= 0.3 is 0 Å². The van der Waals surface area contributed by atoms with E-state index < -0.39 is 0 Å². The summed E-state index contributed by atoms with van der Waals surface area (Å²) >= 11 is 0. The van der Waals surface area contributed by atoms with Gasteiger partial charge in [0.15, 0.2) is 11.5 Å². The number of amides is 1. The Labute approximate surface area is 107 Å². The summed E-state index contributed by atoms with van der Waals surface area (Å²) in [5, 5.41) is 12.8. The van der Waals surface area contributed by atoms with Crippen molar-refractivity contribution in [1.29, 1.82) is 0 Å². The van der Waals surface area contributed by atoms with Crippen molar-refractivity contribution in [3.05, 3.63) is 17.8 Å². The third-order valence-electron chi connectivity index (χ3n) is 2.86. The van der Waals surface area contributed by atoms with Gasteiger partial charge in [0.25, 0.3) is 5.91 Å². The number of hydrogen-bond acceptors (Lipinski definition) is 5. The van der Waals surface area contributed by atoms with E-state index in [4.69, 9.17) is 0 Å². The molecule has 1 saturated heterocycles. The van der Waals surface area contributed by atoms with Crippen molar-refractivity contribution in [1.82, 2.24) is 20.5 Å². The number of hydrogen-bond donors (Lipinski definition) is 2. The van der Waals surface area contributed by atoms with Crippen LogP contribution in [0.15, 0.2) is 12.1 Å². The Morgan fingerprint density at radius 1 is 1.28 bits per heavy atom. The molecule has 1 aliphatic heterocycles. The molecule has 2 heterocycles. The Kier molecular flexibility index (Phi) is 4.46. The van der Waals surface area contributed by atoms with Gasteiger partial charge in [-0.15, -0.1) is 10.2 Å². The molecule has 0 aromatic carbocycles. The lowest BCUT2D eigenvalue weighted by Gasteiger charge is -2.26. The number of hydrazine groups is 1. The zero-order valence-electron chi connectivity index (χ0n) is 10.6. The number of aromatic nitrogens is 2. The second-order valence-electron chi connectivity index (χ2n) is 4.32. The molecule has 0 aliphatic carbocycles. The number of nitrogens with zero attached hydrogens (tertiary/aromatic N) is 3. The van der Waals surface area contributed by atoms with Crippen LogP contribution in [0.3, 0.4) is 0 Å². The van der Waals surface area contributed by atoms with Crippen molar-refractivity contribution in [2.75, 3.05) is 25.1 Å². The summed E-state index contributed by atoms with van der Waals surface area (Å²) in [6.07, 6.45) is 3.70. The second kappa shape index (κ2) is 6.30. The van der Waals surface area contributed by atoms with Gasteiger partial charge < -0.3 is 10.7 Å². The van der Waals surface area contributed by atoms with Gasteiger partial charge in [-0.25, -0.2) is 5.01 Å². The molecule has 18 heavy (non-hydrogen) atoms. The number of rotatable bonds is 4. The molecule has 98 valence electrons. The lowest BCUT2D eigenvalue weighted by atomic mass is 10.2. The molecule has 2 rings (SSSR count). The first kappa shape index (κ1) is 12.8. The molecule has 1 aliphatic rings. The number of nitrogens with one attached hydrogen (secondary N) is 2. The lowest BCUT2D eigenvalue weighted by Crippen LogP contribution is -2.35. The highest BCUT2D eigenvalue weighted by Gasteiger charge is 2.11. The van der Waals surface area contributed by atoms with Gasteiger partial charge in [-0.2, -0.15) is 0 Å². The van der Waals surface area contributed by atoms with E-state index in [-0.39, 0.29) is 5.91 Å². The lowest BCUT2D eigenvalue weighted by molar-refractivity contribution is 0.0950. The summed E-state index contributed by atoms with van der Waals surface area (Å²) < 4.78 is 0. The van der Waals surface area contributed by atoms with Crippen LogP contribution in [0.2, 0.25) is 0 Å². The number of carbonyl (C=O) groups excluding carboxylic acids is 1. The second-order valence-corrected chi connectivity index (χ2v) is 4.32. The molecule has 0 atom stereocenters. The average Bonchev–Trinajstić information content (AvgIpc) is 2.41. The van der Waals surface area contributed by atoms with Crippen molar-refractivity contribution >= 4 is 11.7 Å². The van der Waals surface area contributed by atoms with Crippen LogP contribution in [-0.2, 0) is 0 Å². The van der Waals surface area contributed by atoms with E-state index in [2.05, 4.69) is 25.9 Å². The van der Waals surface area contributed by atoms with Crippen LogP contribution in [0.25, 0.3) is 0 Å². The van der Waals surface area contributed by atoms with E-state index in [9.17, 15) is 4.79 Å². The van der Waals surface area contributed by atoms with Crippen molar-refractivity contribution in [3.63, 3.8) is 0 Å². The van der Waals surface area contributed by atoms with Gasteiger partial charge in [0, 0.05) is 19.6 Å². The minimum absolute atomic E-state index is 0.186. The van der Waals surface area contributed by atoms with Gasteiger partial charge in [0.05, 0.1) is 0 Å². The number of anilines is 1. The Morgan fingerprint density at radius 3 is 2.67 bits per heavy atom. The fourth-order valence-electron chi connectivity index (χ4n) is 1.93. The standard InChI is InChI=1S/C12H19N5O/c1-2-13-12(18)10-6-7-11(15-14-10)16-17-8-4-3-5-9-17/h6-7H,2-5,8-9H2,1H3,(H,13,18)(H,15,16). The van der Waals surface area contributed by atoms with Gasteiger partial charge in [0.2, 0.25) is 0 Å². The van der Waals surface area contributed by atoms with E-state index in [0.29, 0.717) is 18.1 Å². The molecule has 1 fully saturated rings. The maximum atomic E-state index is 11.5. The first-order valence-electron chi connectivity index (χ1n) is 6.43. The highest BCUT2D eigenvalue weighted by Crippen LogP contribution is 2.10. The molecule has 0 radical (unpaired) electrons. The topological polar surface area (TPSA) is 70.2 Å². The first-order chi connectivity index (χ1) is 8.79. The molecule has 1 aromatic rings. The minimum atomic E-state index is -0.186. The molecule has 1 amide bonds. The highest BCUT2D eigenvalue weighted by molar-refractivity contribution is 5.92. The predicted octanol–water partition coefficient (Wildman–Crippen LogP) is 1.04. The molecular weight excluding hydrogens is 230 g/mol. The zero-order valence-corrected chi connectivity index (χ0v) is 10.6. The Hall–Kier alpha value is -1.69. The highest BCUT2D eigenvalue weighted by atomic mass is 16.1. The Balaban J connectivity index is 1.92. The molecule has 6 nitrogen and oxygen atoms in total. The first-order valence-corrected chi connectivity index (χ1v) is 6.43. The summed E-state index contributed by atoms with van der Waals surface area (Å²) in [6, 6.07) is 3.47. The normalized spacial score (nSPS) is 16.3. The van der Waals surface area contributed by atoms with Crippen LogP contribution >= 0.6 is 0 Å². The Bertz CT molecular complexity index is 386. The maximum Gasteiger partial charge on any atom is 0.271 e. The third kappa shape index (κ3) is 3.40. The van der Waals surface area contributed by atoms with E-state index in [1.807, 2.05) is 6.92 Å². The summed E-state index contributed by atoms with van der Waals surface area (Å²) in [5.74, 6) is 0.500. The SMILES string of the molecule is CCNC(=O)c1ccc(NN2CCCCC2)nn1. The molecule has 1 aromatic heterocycles. The van der Waals surface area contributed by atoms with Crippen molar-refractivity contribution in [3.8, 4) is 0 Å². The van der Waals surface area contributed by atoms with Crippen LogP contribution in [-0.4, -0.2) is 40.7 Å². The summed E-state index contributed by atoms with van der Waals surface area (Å²) in [5.41, 5.74) is 3.56. The predicted molar refractivity (Wildman–Crippen MR) is 69.1 cm³/mol. The molecule has 6 heteroatoms. The van der Waals surface area contributed by atoms with E-state index in [1.54, 1.807) is 12.1 Å². The fraction of sp³-hybridized carbons (Fsp3) is 0.583. The summed E-state index contributed by atoms with van der Waals surface area (Å²) in [4.78, 5) is 11.5. The van der Waals surface area contributed by atoms with Crippen molar-refractivity contribution in [2.24, 2.45) is 0 Å². The van der Waals surface area contributed by atoms with Gasteiger partial charge in [0.1, 0.15) is 0 Å². The molecular formula is C12H19N5O. The minimum Gasteiger partial charge on any atom is -0.351 e. The molecule has 0 unspecified atom stereocenters. The van der Waals surface area contributed by atoms with Crippen LogP contribution in [0.1, 0.15) is 36.7 Å². The quantitative estimate of drug-likeness (QED) is 0.834. The smallest absolute Gasteiger partial charge is 0.271 e. The average molecular weight is 249 g/mol. The number of carbonyl (C=O) groups is 1. The van der Waals surface area contributed by atoms with Crippen LogP contribution < -0.4 is 10.7 Å². The van der Waals surface area contributed by atoms with Gasteiger partial charge in [-0.3, -0.25) is 4.79 Å². The van der Waals surface area contributed by atoms with Crippen LogP contribution in [0.4, 0.5) is 5.82 Å². The van der Waals surface area contributed by atoms with Crippen LogP contribution in [0.5, 0.6) is 0 Å². The largest absolute Gasteiger partial charge is 0.351 e. The zero-order chi connectivity index (χ0) is 12.8. The summed E-state index contributed by atoms with van der Waals surface area (Å²) in [7, 11) is 0. The monoisotopic (exact) mass is 249 g/mol. The van der Waals surface area contributed by atoms with Crippen molar-refractivity contribution in [2.45, 2.75) is 26.2 Å². The Morgan fingerprint density at radius 2 is 2.06 bits per heavy atom. The van der Waals surface area contributed by atoms with Crippen molar-refractivity contribution < 1.29 is 4.79 Å². The third-order valence-corrected chi connectivity index (χ3v) is 2.86. The molecule has 0 saturated carbocycles.